The molecule has 116 valence electrons. The van der Waals surface area contributed by atoms with E-state index in [1.165, 1.54) is 0 Å². The Balaban J connectivity index is 1.81. The second-order valence-electron chi connectivity index (χ2n) is 5.99. The van der Waals surface area contributed by atoms with Gasteiger partial charge in [0.05, 0.1) is 22.5 Å². The van der Waals surface area contributed by atoms with E-state index in [1.54, 1.807) is 11.3 Å². The van der Waals surface area contributed by atoms with Gasteiger partial charge in [-0.15, -0.1) is 0 Å². The molecule has 1 fully saturated rings. The van der Waals surface area contributed by atoms with Crippen molar-refractivity contribution >= 4 is 17.2 Å². The number of aryl methyl sites for hydroxylation is 1. The van der Waals surface area contributed by atoms with Crippen molar-refractivity contribution in [3.63, 3.8) is 0 Å². The summed E-state index contributed by atoms with van der Waals surface area (Å²) in [6.07, 6.45) is 4.20. The standard InChI is InChI=1S/C17H21N3OS/c1-12-14(4-5-15(19-12)13-6-9-22-10-13)16(21)20-17(11-18)7-2-3-8-17/h4-6,9-10H,2-3,7-8,11,18H2,1H3,(H,20,21). The van der Waals surface area contributed by atoms with Gasteiger partial charge in [-0.1, -0.05) is 12.8 Å². The molecule has 0 atom stereocenters. The highest BCUT2D eigenvalue weighted by Gasteiger charge is 2.34. The quantitative estimate of drug-likeness (QED) is 0.911. The highest BCUT2D eigenvalue weighted by atomic mass is 32.1. The minimum absolute atomic E-state index is 0.0609. The Morgan fingerprint density at radius 2 is 2.14 bits per heavy atom. The number of pyridine rings is 1. The van der Waals surface area contributed by atoms with E-state index in [0.29, 0.717) is 12.1 Å². The van der Waals surface area contributed by atoms with Crippen LogP contribution in [0, 0.1) is 6.92 Å². The molecule has 2 aromatic rings. The fourth-order valence-electron chi connectivity index (χ4n) is 3.11. The van der Waals surface area contributed by atoms with Gasteiger partial charge < -0.3 is 11.1 Å². The lowest BCUT2D eigenvalue weighted by Gasteiger charge is -2.29. The average molecular weight is 315 g/mol. The van der Waals surface area contributed by atoms with Gasteiger partial charge in [0.15, 0.2) is 0 Å². The Bertz CT molecular complexity index is 661. The third kappa shape index (κ3) is 2.91. The lowest BCUT2D eigenvalue weighted by molar-refractivity contribution is 0.0902. The Kier molecular flexibility index (Phi) is 4.27. The number of carbonyl (C=O) groups is 1. The van der Waals surface area contributed by atoms with Crippen molar-refractivity contribution in [3.8, 4) is 11.3 Å². The molecule has 0 saturated heterocycles. The van der Waals surface area contributed by atoms with Crippen LogP contribution in [0.25, 0.3) is 11.3 Å². The maximum atomic E-state index is 12.6. The highest BCUT2D eigenvalue weighted by molar-refractivity contribution is 7.08. The van der Waals surface area contributed by atoms with Crippen LogP contribution in [-0.4, -0.2) is 23.0 Å². The van der Waals surface area contributed by atoms with Crippen LogP contribution in [0.2, 0.25) is 0 Å². The van der Waals surface area contributed by atoms with Crippen LogP contribution in [0.3, 0.4) is 0 Å². The molecule has 2 aromatic heterocycles. The Hall–Kier alpha value is -1.72. The fourth-order valence-corrected chi connectivity index (χ4v) is 3.76. The molecule has 2 heterocycles. The van der Waals surface area contributed by atoms with Crippen molar-refractivity contribution in [1.29, 1.82) is 0 Å². The van der Waals surface area contributed by atoms with Gasteiger partial charge in [-0.25, -0.2) is 0 Å². The molecule has 5 heteroatoms. The Labute approximate surface area is 134 Å². The molecule has 0 radical (unpaired) electrons. The zero-order valence-corrected chi connectivity index (χ0v) is 13.6. The number of nitrogens with zero attached hydrogens (tertiary/aromatic N) is 1. The van der Waals surface area contributed by atoms with Crippen molar-refractivity contribution in [2.75, 3.05) is 6.54 Å². The number of thiophene rings is 1. The van der Waals surface area contributed by atoms with Gasteiger partial charge >= 0.3 is 0 Å². The number of aromatic nitrogens is 1. The first-order valence-electron chi connectivity index (χ1n) is 7.66. The van der Waals surface area contributed by atoms with Crippen molar-refractivity contribution < 1.29 is 4.79 Å². The monoisotopic (exact) mass is 315 g/mol. The van der Waals surface area contributed by atoms with Gasteiger partial charge in [0.1, 0.15) is 0 Å². The van der Waals surface area contributed by atoms with E-state index in [9.17, 15) is 4.79 Å². The molecule has 0 unspecified atom stereocenters. The van der Waals surface area contributed by atoms with Crippen LogP contribution in [-0.2, 0) is 0 Å². The average Bonchev–Trinajstić information content (AvgIpc) is 3.19. The van der Waals surface area contributed by atoms with E-state index in [-0.39, 0.29) is 11.4 Å². The van der Waals surface area contributed by atoms with Crippen LogP contribution in [0.15, 0.2) is 29.0 Å². The van der Waals surface area contributed by atoms with Gasteiger partial charge in [-0.05, 0) is 43.3 Å². The van der Waals surface area contributed by atoms with Crippen LogP contribution in [0.4, 0.5) is 0 Å². The molecule has 0 spiro atoms. The topological polar surface area (TPSA) is 68.0 Å². The van der Waals surface area contributed by atoms with E-state index in [4.69, 9.17) is 5.73 Å². The van der Waals surface area contributed by atoms with E-state index in [2.05, 4.69) is 15.7 Å². The Morgan fingerprint density at radius 3 is 2.73 bits per heavy atom. The molecule has 1 saturated carbocycles. The summed E-state index contributed by atoms with van der Waals surface area (Å²) in [7, 11) is 0. The van der Waals surface area contributed by atoms with Crippen molar-refractivity contribution in [2.24, 2.45) is 5.73 Å². The summed E-state index contributed by atoms with van der Waals surface area (Å²) in [6, 6.07) is 5.81. The second-order valence-corrected chi connectivity index (χ2v) is 6.77. The first-order chi connectivity index (χ1) is 10.6. The molecule has 1 amide bonds. The van der Waals surface area contributed by atoms with Gasteiger partial charge in [0, 0.05) is 17.5 Å². The van der Waals surface area contributed by atoms with E-state index in [0.717, 1.165) is 42.6 Å². The van der Waals surface area contributed by atoms with Gasteiger partial charge in [-0.2, -0.15) is 11.3 Å². The molecule has 3 rings (SSSR count). The predicted octanol–water partition coefficient (Wildman–Crippen LogP) is 3.12. The van der Waals surface area contributed by atoms with Crippen LogP contribution < -0.4 is 11.1 Å². The van der Waals surface area contributed by atoms with E-state index >= 15 is 0 Å². The fraction of sp³-hybridized carbons (Fsp3) is 0.412. The summed E-state index contributed by atoms with van der Waals surface area (Å²) in [5.74, 6) is -0.0609. The largest absolute Gasteiger partial charge is 0.345 e. The first kappa shape index (κ1) is 15.2. The molecular weight excluding hydrogens is 294 g/mol. The normalized spacial score (nSPS) is 16.6. The molecule has 3 N–H and O–H groups in total. The Morgan fingerprint density at radius 1 is 1.36 bits per heavy atom. The van der Waals surface area contributed by atoms with Crippen molar-refractivity contribution in [1.82, 2.24) is 10.3 Å². The molecule has 4 nitrogen and oxygen atoms in total. The number of nitrogens with one attached hydrogen (secondary N) is 1. The van der Waals surface area contributed by atoms with Gasteiger partial charge in [0.2, 0.25) is 0 Å². The summed E-state index contributed by atoms with van der Waals surface area (Å²) >= 11 is 1.64. The zero-order chi connectivity index (χ0) is 15.6. The molecule has 0 bridgehead atoms. The number of amides is 1. The summed E-state index contributed by atoms with van der Waals surface area (Å²) in [5, 5.41) is 7.24. The smallest absolute Gasteiger partial charge is 0.253 e. The molecule has 22 heavy (non-hydrogen) atoms. The SMILES string of the molecule is Cc1nc(-c2ccsc2)ccc1C(=O)NC1(CN)CCCC1. The van der Waals surface area contributed by atoms with E-state index < -0.39 is 0 Å². The number of hydrogen-bond donors (Lipinski definition) is 2. The number of nitrogens with two attached hydrogens (primary N) is 1. The minimum atomic E-state index is -0.227. The van der Waals surface area contributed by atoms with Crippen LogP contribution in [0.5, 0.6) is 0 Å². The van der Waals surface area contributed by atoms with Crippen LogP contribution >= 0.6 is 11.3 Å². The van der Waals surface area contributed by atoms with Crippen molar-refractivity contribution in [2.45, 2.75) is 38.1 Å². The van der Waals surface area contributed by atoms with Gasteiger partial charge in [-0.3, -0.25) is 9.78 Å². The predicted molar refractivity (Wildman–Crippen MR) is 90.0 cm³/mol. The van der Waals surface area contributed by atoms with Crippen molar-refractivity contribution in [3.05, 3.63) is 40.2 Å². The highest BCUT2D eigenvalue weighted by Crippen LogP contribution is 2.29. The summed E-state index contributed by atoms with van der Waals surface area (Å²) in [6.45, 7) is 2.38. The number of hydrogen-bond acceptors (Lipinski definition) is 4. The second kappa shape index (κ2) is 6.18. The zero-order valence-electron chi connectivity index (χ0n) is 12.8. The van der Waals surface area contributed by atoms with E-state index in [1.807, 2.05) is 30.5 Å². The summed E-state index contributed by atoms with van der Waals surface area (Å²) in [4.78, 5) is 17.2. The maximum absolute atomic E-state index is 12.6. The third-order valence-corrected chi connectivity index (χ3v) is 5.16. The first-order valence-corrected chi connectivity index (χ1v) is 8.61. The molecule has 0 aromatic carbocycles. The lowest BCUT2D eigenvalue weighted by Crippen LogP contribution is -2.51. The maximum Gasteiger partial charge on any atom is 0.253 e. The molecule has 0 aliphatic heterocycles. The molecule has 1 aliphatic rings. The minimum Gasteiger partial charge on any atom is -0.345 e. The molecule has 1 aliphatic carbocycles. The van der Waals surface area contributed by atoms with Crippen LogP contribution in [0.1, 0.15) is 41.7 Å². The summed E-state index contributed by atoms with van der Waals surface area (Å²) in [5.41, 5.74) is 9.06. The summed E-state index contributed by atoms with van der Waals surface area (Å²) < 4.78 is 0. The van der Waals surface area contributed by atoms with Gasteiger partial charge in [0.25, 0.3) is 5.91 Å². The molecular formula is C17H21N3OS. The number of rotatable bonds is 4. The lowest BCUT2D eigenvalue weighted by atomic mass is 9.97. The number of carbonyl (C=O) groups excluding carboxylic acids is 1. The third-order valence-electron chi connectivity index (χ3n) is 4.48.